The maximum absolute atomic E-state index is 12.8. The van der Waals surface area contributed by atoms with Crippen molar-refractivity contribution in [3.63, 3.8) is 0 Å². The second kappa shape index (κ2) is 29.8. The minimum Gasteiger partial charge on any atom is -0.495 e. The van der Waals surface area contributed by atoms with Gasteiger partial charge in [0, 0.05) is 35.3 Å². The number of rotatable bonds is 28. The van der Waals surface area contributed by atoms with Crippen LogP contribution in [-0.2, 0) is 60.2 Å². The van der Waals surface area contributed by atoms with Crippen LogP contribution in [0.25, 0.3) is 16.7 Å². The molecule has 93 heavy (non-hydrogen) atoms. The lowest BCUT2D eigenvalue weighted by atomic mass is 10.1. The summed E-state index contributed by atoms with van der Waals surface area (Å²) >= 11 is 8.11. The van der Waals surface area contributed by atoms with Crippen LogP contribution in [0.4, 0.5) is 56.9 Å². The summed E-state index contributed by atoms with van der Waals surface area (Å²) in [4.78, 5) is 28.8. The number of azo groups is 4. The SMILES string of the molecule is COc1ccc2c(nc3c(C#N)c(C)c(N=Nc4cc(C)c(N=Nc5cc(NC(C)=O)c(N=Nc6cc(NC(C)=O)c(N=Nc7ccc(S(=O)(=O)O)c(Cl)c7)cc6SCCCS(=O)(=O)O)cc5SCCCS(=O)(=O)O)cc4OCCCS(=O)(=O)O)c(O)n32)c1S(=O)(=O)O. The fourth-order valence-electron chi connectivity index (χ4n) is 8.38. The van der Waals surface area contributed by atoms with E-state index in [1.165, 1.54) is 75.4 Å². The van der Waals surface area contributed by atoms with Crippen molar-refractivity contribution in [2.45, 2.75) is 66.5 Å². The number of halogens is 1. The highest BCUT2D eigenvalue weighted by molar-refractivity contribution is 7.99. The maximum atomic E-state index is 12.8. The normalized spacial score (nSPS) is 12.7. The van der Waals surface area contributed by atoms with Crippen LogP contribution >= 0.6 is 35.1 Å². The van der Waals surface area contributed by atoms with Gasteiger partial charge in [0.25, 0.3) is 50.6 Å². The number of nitriles is 1. The Labute approximate surface area is 543 Å². The first-order valence-corrected chi connectivity index (χ1v) is 36.4. The van der Waals surface area contributed by atoms with E-state index in [4.69, 9.17) is 21.1 Å². The molecule has 8 N–H and O–H groups in total. The predicted octanol–water partition coefficient (Wildman–Crippen LogP) is 11.8. The molecule has 7 rings (SSSR count). The summed E-state index contributed by atoms with van der Waals surface area (Å²) in [7, 11) is -21.8. The second-order valence-electron chi connectivity index (χ2n) is 19.5. The molecule has 0 atom stereocenters. The Balaban J connectivity index is 1.34. The number of hydrogen-bond acceptors (Lipinski definition) is 27. The lowest BCUT2D eigenvalue weighted by molar-refractivity contribution is -0.115. The Kier molecular flexibility index (Phi) is 23.2. The number of nitrogens with one attached hydrogen (secondary N) is 2. The van der Waals surface area contributed by atoms with Crippen molar-refractivity contribution in [2.75, 3.05) is 53.1 Å². The molecule has 0 aliphatic carbocycles. The summed E-state index contributed by atoms with van der Waals surface area (Å²) in [5.74, 6) is -4.25. The third-order valence-electron chi connectivity index (χ3n) is 12.4. The number of hydrogen-bond donors (Lipinski definition) is 8. The minimum atomic E-state index is -5.00. The van der Waals surface area contributed by atoms with Gasteiger partial charge in [-0.1, -0.05) is 11.6 Å². The number of thioether (sulfide) groups is 2. The number of nitrogens with zero attached hydrogens (tertiary/aromatic N) is 11. The van der Waals surface area contributed by atoms with Crippen molar-refractivity contribution in [3.8, 4) is 23.4 Å². The summed E-state index contributed by atoms with van der Waals surface area (Å²) in [6, 6.07) is 15.9. The smallest absolute Gasteiger partial charge is 0.300 e. The molecule has 7 aromatic rings. The highest BCUT2D eigenvalue weighted by atomic mass is 35.5. The summed E-state index contributed by atoms with van der Waals surface area (Å²) in [6.07, 6.45) is -0.420. The number of amides is 2. The van der Waals surface area contributed by atoms with E-state index in [-0.39, 0.29) is 143 Å². The Morgan fingerprint density at radius 3 is 1.65 bits per heavy atom. The van der Waals surface area contributed by atoms with Crippen LogP contribution in [0, 0.1) is 25.2 Å². The number of aromatic nitrogens is 2. The number of benzene rings is 5. The van der Waals surface area contributed by atoms with Crippen molar-refractivity contribution in [2.24, 2.45) is 40.9 Å². The number of carbonyl (C=O) groups excluding carboxylic acids is 2. The predicted molar refractivity (Wildman–Crippen MR) is 341 cm³/mol. The number of anilines is 2. The van der Waals surface area contributed by atoms with Gasteiger partial charge in [-0.2, -0.15) is 57.6 Å². The van der Waals surface area contributed by atoms with E-state index in [0.717, 1.165) is 47.2 Å². The Hall–Kier alpha value is -8.18. The van der Waals surface area contributed by atoms with Gasteiger partial charge >= 0.3 is 0 Å². The number of aromatic hydroxyl groups is 1. The first-order chi connectivity index (χ1) is 43.4. The standard InChI is InChI=1S/C52H52ClN13O20S7/c1-27-19-39(62-65-48-28(2)32(26-54)51-57-49-42(66(51)52(48)69)10-11-43(85-5)50(49)93(82,83)84)44(86-13-6-16-89(70,71)72)23-34(27)59-63-40-22-36(56-30(4)68)38(25-46(40)88-15-8-18-91(76,77)78)61-64-41-21-35(55-29(3)67)37(24-45(41)87-14-7-17-90(73,74)75)60-58-31-9-12-47(33(53)20-31)92(79,80)81/h9-12,19-25,69H,6-8,13-18H2,1-5H3,(H,55,67)(H,56,68)(H,70,71,72)(H,73,74,75)(H,76,77,78)(H,79,80,81)(H,82,83,84). The van der Waals surface area contributed by atoms with Crippen molar-refractivity contribution < 1.29 is 89.0 Å². The first kappa shape index (κ1) is 72.2. The van der Waals surface area contributed by atoms with Crippen LogP contribution < -0.4 is 20.1 Å². The summed E-state index contributed by atoms with van der Waals surface area (Å²) < 4.78 is 179. The molecule has 0 aliphatic heterocycles. The minimum absolute atomic E-state index is 0.00357. The van der Waals surface area contributed by atoms with Crippen LogP contribution in [0.3, 0.4) is 0 Å². The van der Waals surface area contributed by atoms with Gasteiger partial charge in [0.05, 0.1) is 64.3 Å². The maximum Gasteiger partial charge on any atom is 0.300 e. The highest BCUT2D eigenvalue weighted by Crippen LogP contribution is 2.46. The van der Waals surface area contributed by atoms with E-state index in [1.807, 2.05) is 6.07 Å². The summed E-state index contributed by atoms with van der Waals surface area (Å²) in [5.41, 5.74) is -0.989. The van der Waals surface area contributed by atoms with Gasteiger partial charge in [-0.15, -0.1) is 54.2 Å². The molecule has 494 valence electrons. The molecule has 0 radical (unpaired) electrons. The third kappa shape index (κ3) is 19.5. The molecular weight excluding hydrogens is 1390 g/mol. The largest absolute Gasteiger partial charge is 0.495 e. The number of imidazole rings is 1. The molecule has 33 nitrogen and oxygen atoms in total. The quantitative estimate of drug-likeness (QED) is 0.00977. The lowest BCUT2D eigenvalue weighted by Crippen LogP contribution is -2.08. The Bertz CT molecular complexity index is 4930. The van der Waals surface area contributed by atoms with E-state index in [2.05, 4.69) is 56.5 Å². The van der Waals surface area contributed by atoms with Gasteiger partial charge in [-0.05, 0) is 111 Å². The number of fused-ring (bicyclic) bond motifs is 3. The van der Waals surface area contributed by atoms with E-state index in [9.17, 15) is 84.8 Å². The number of methoxy groups -OCH3 is 1. The molecule has 0 unspecified atom stereocenters. The van der Waals surface area contributed by atoms with Gasteiger partial charge in [-0.25, -0.2) is 4.98 Å². The topological polar surface area (TPSA) is 509 Å². The van der Waals surface area contributed by atoms with Gasteiger partial charge in [0.1, 0.15) is 62.0 Å². The van der Waals surface area contributed by atoms with Crippen LogP contribution in [0.15, 0.2) is 127 Å². The molecule has 0 spiro atoms. The van der Waals surface area contributed by atoms with Gasteiger partial charge in [0.15, 0.2) is 16.2 Å². The molecule has 0 bridgehead atoms. The van der Waals surface area contributed by atoms with Crippen LogP contribution in [0.5, 0.6) is 17.4 Å². The molecule has 2 aromatic heterocycles. The number of pyridine rings is 1. The monoisotopic (exact) mass is 1440 g/mol. The summed E-state index contributed by atoms with van der Waals surface area (Å²) in [5, 5.41) is 61.6. The van der Waals surface area contributed by atoms with Crippen molar-refractivity contribution in [1.29, 1.82) is 5.26 Å². The van der Waals surface area contributed by atoms with E-state index in [1.54, 1.807) is 6.92 Å². The molecule has 0 saturated heterocycles. The molecular formula is C52H52ClN13O20S7. The lowest BCUT2D eigenvalue weighted by Gasteiger charge is -2.13. The fourth-order valence-corrected chi connectivity index (χ4v) is 14.0. The molecule has 2 heterocycles. The van der Waals surface area contributed by atoms with Gasteiger partial charge in [-0.3, -0.25) is 36.8 Å². The van der Waals surface area contributed by atoms with Gasteiger partial charge in [0.2, 0.25) is 17.7 Å². The second-order valence-corrected chi connectivity index (χ2v) is 29.6. The zero-order valence-corrected chi connectivity index (χ0v) is 55.2. The van der Waals surface area contributed by atoms with Crippen molar-refractivity contribution in [1.82, 2.24) is 9.38 Å². The fraction of sp³-hybridized carbons (Fsp3) is 0.269. The average molecular weight is 1440 g/mol. The van der Waals surface area contributed by atoms with Crippen LogP contribution in [-0.4, -0.2) is 134 Å². The number of carbonyl (C=O) groups is 2. The van der Waals surface area contributed by atoms with Crippen molar-refractivity contribution >= 4 is 171 Å². The van der Waals surface area contributed by atoms with E-state index >= 15 is 0 Å². The highest BCUT2D eigenvalue weighted by Gasteiger charge is 2.28. The third-order valence-corrected chi connectivity index (χ3v) is 19.4. The molecule has 0 aliphatic rings. The average Bonchev–Trinajstić information content (AvgIpc) is 1.58. The van der Waals surface area contributed by atoms with Crippen molar-refractivity contribution in [3.05, 3.63) is 88.4 Å². The first-order valence-electron chi connectivity index (χ1n) is 26.3. The van der Waals surface area contributed by atoms with Crippen LogP contribution in [0.2, 0.25) is 5.02 Å². The molecule has 2 amide bonds. The zero-order valence-electron chi connectivity index (χ0n) is 48.8. The van der Waals surface area contributed by atoms with Gasteiger partial charge < -0.3 is 25.2 Å². The molecule has 0 saturated carbocycles. The Morgan fingerprint density at radius 2 is 1.15 bits per heavy atom. The van der Waals surface area contributed by atoms with Crippen LogP contribution in [0.1, 0.15) is 49.8 Å². The molecule has 5 aromatic carbocycles. The molecule has 0 fully saturated rings. The van der Waals surface area contributed by atoms with E-state index < -0.39 is 100 Å². The zero-order chi connectivity index (χ0) is 68.5. The number of aryl methyl sites for hydroxylation is 1. The summed E-state index contributed by atoms with van der Waals surface area (Å²) in [6.45, 7) is 4.95. The molecule has 41 heteroatoms. The Morgan fingerprint density at radius 1 is 0.634 bits per heavy atom. The number of ether oxygens (including phenoxy) is 2. The van der Waals surface area contributed by atoms with E-state index in [0.29, 0.717) is 5.56 Å².